The van der Waals surface area contributed by atoms with Crippen LogP contribution in [0, 0.1) is 12.8 Å². The van der Waals surface area contributed by atoms with E-state index in [0.29, 0.717) is 71.2 Å². The lowest BCUT2D eigenvalue weighted by Gasteiger charge is -2.40. The van der Waals surface area contributed by atoms with E-state index in [-0.39, 0.29) is 23.4 Å². The molecule has 6 rings (SSSR count). The van der Waals surface area contributed by atoms with Crippen molar-refractivity contribution in [3.63, 3.8) is 0 Å². The number of carbonyl (C=O) groups excluding carboxylic acids is 2. The average molecular weight is 614 g/mol. The molecule has 0 saturated carbocycles. The normalized spacial score (nSPS) is 22.6. The van der Waals surface area contributed by atoms with Gasteiger partial charge in [0.2, 0.25) is 11.0 Å². The topological polar surface area (TPSA) is 159 Å². The molecule has 3 aliphatic rings. The van der Waals surface area contributed by atoms with Crippen LogP contribution >= 0.6 is 11.5 Å². The van der Waals surface area contributed by atoms with Gasteiger partial charge in [-0.15, -0.1) is 0 Å². The summed E-state index contributed by atoms with van der Waals surface area (Å²) < 4.78 is 6.29. The third-order valence-corrected chi connectivity index (χ3v) is 8.42. The van der Waals surface area contributed by atoms with Crippen molar-refractivity contribution in [3.8, 4) is 11.5 Å². The van der Waals surface area contributed by atoms with Crippen LogP contribution in [0.15, 0.2) is 70.3 Å². The number of ketones is 1. The van der Waals surface area contributed by atoms with Crippen molar-refractivity contribution in [2.75, 3.05) is 23.3 Å². The van der Waals surface area contributed by atoms with E-state index >= 15 is 0 Å². The van der Waals surface area contributed by atoms with Gasteiger partial charge in [-0.1, -0.05) is 6.07 Å². The fourth-order valence-electron chi connectivity index (χ4n) is 5.35. The average Bonchev–Trinajstić information content (AvgIpc) is 3.57. The number of amidine groups is 1. The van der Waals surface area contributed by atoms with E-state index in [0.717, 1.165) is 17.2 Å². The van der Waals surface area contributed by atoms with E-state index in [1.54, 1.807) is 31.3 Å². The molecule has 2 bridgehead atoms. The number of amides is 1. The van der Waals surface area contributed by atoms with E-state index in [1.807, 2.05) is 42.5 Å². The highest BCUT2D eigenvalue weighted by Gasteiger charge is 2.37. The molecule has 226 valence electrons. The van der Waals surface area contributed by atoms with E-state index in [2.05, 4.69) is 24.8 Å². The number of carboxylic acids is 1. The van der Waals surface area contributed by atoms with Crippen molar-refractivity contribution in [3.05, 3.63) is 71.0 Å². The Labute approximate surface area is 257 Å². The number of fused-ring (bicyclic) bond motifs is 3. The molecule has 44 heavy (non-hydrogen) atoms. The van der Waals surface area contributed by atoms with Gasteiger partial charge in [-0.2, -0.15) is 14.5 Å². The van der Waals surface area contributed by atoms with Gasteiger partial charge in [0.25, 0.3) is 0 Å². The van der Waals surface area contributed by atoms with Gasteiger partial charge in [0.1, 0.15) is 22.9 Å². The van der Waals surface area contributed by atoms with Gasteiger partial charge < -0.3 is 15.3 Å². The Balaban J connectivity index is 1.29. The molecule has 6 heterocycles. The molecule has 0 spiro atoms. The van der Waals surface area contributed by atoms with Crippen LogP contribution in [-0.2, 0) is 14.4 Å². The lowest BCUT2D eigenvalue weighted by Crippen LogP contribution is -2.51. The highest BCUT2D eigenvalue weighted by Crippen LogP contribution is 2.33. The number of hydrogen-bond donors (Lipinski definition) is 2. The van der Waals surface area contributed by atoms with Crippen molar-refractivity contribution in [1.29, 1.82) is 0 Å². The third-order valence-electron chi connectivity index (χ3n) is 7.70. The molecular weight excluding hydrogens is 582 g/mol. The first-order valence-corrected chi connectivity index (χ1v) is 15.0. The number of pyridine rings is 1. The Morgan fingerprint density at radius 3 is 2.64 bits per heavy atom. The summed E-state index contributed by atoms with van der Waals surface area (Å²) >= 11 is 1.06. The molecule has 0 aliphatic carbocycles. The number of hydrogen-bond acceptors (Lipinski definition) is 11. The third kappa shape index (κ3) is 5.55. The van der Waals surface area contributed by atoms with Crippen LogP contribution in [0.25, 0.3) is 11.5 Å². The van der Waals surface area contributed by atoms with E-state index in [4.69, 9.17) is 4.99 Å². The second-order valence-electron chi connectivity index (χ2n) is 11.2. The van der Waals surface area contributed by atoms with Gasteiger partial charge in [-0.3, -0.25) is 24.2 Å². The minimum Gasteiger partial charge on any atom is -0.477 e. The standard InChI is InChI=1S/C30H31N9O4S/c1-16(2)39-18(4)12-23(35-39)32-28(41)19-13-37(14-19)25-11-17(3)20-8-9-24(33-25)38(15-21(26(20)40)29(42)43)30-34-27(36-44-30)22-7-5-6-10-31-22/h5-7,10-12,15-16,19H,8-9,13-14H2,1-4H3,(H,42,43)(H,32,35,41)/b20-17-,21-15+,25-11+,33-24+. The molecule has 3 aromatic heterocycles. The van der Waals surface area contributed by atoms with Gasteiger partial charge in [-0.25, -0.2) is 9.79 Å². The molecule has 3 aliphatic heterocycles. The number of anilines is 2. The van der Waals surface area contributed by atoms with E-state index in [1.165, 1.54) is 11.1 Å². The zero-order chi connectivity index (χ0) is 31.1. The molecule has 0 atom stereocenters. The number of nitrogens with zero attached hydrogens (tertiary/aromatic N) is 8. The van der Waals surface area contributed by atoms with Gasteiger partial charge >= 0.3 is 5.97 Å². The van der Waals surface area contributed by atoms with Crippen molar-refractivity contribution in [1.82, 2.24) is 29.0 Å². The number of Topliss-reactive ketones (excluding diaryl/α,β-unsaturated/α-hetero) is 1. The van der Waals surface area contributed by atoms with Crippen LogP contribution in [-0.4, -0.2) is 70.7 Å². The minimum atomic E-state index is -1.34. The number of nitrogens with one attached hydrogen (secondary N) is 1. The number of aryl methyl sites for hydroxylation is 1. The molecule has 1 amide bonds. The number of carboxylic acid groups (broad SMARTS) is 1. The first kappa shape index (κ1) is 29.1. The van der Waals surface area contributed by atoms with Gasteiger partial charge in [0.05, 0.1) is 5.92 Å². The Hall–Kier alpha value is -4.98. The zero-order valence-electron chi connectivity index (χ0n) is 24.7. The lowest BCUT2D eigenvalue weighted by atomic mass is 9.92. The molecule has 0 aromatic carbocycles. The zero-order valence-corrected chi connectivity index (χ0v) is 25.5. The summed E-state index contributed by atoms with van der Waals surface area (Å²) in [5.74, 6) is -0.292. The van der Waals surface area contributed by atoms with E-state index < -0.39 is 11.8 Å². The molecule has 2 N–H and O–H groups in total. The number of aliphatic imine (C=N–C) groups is 1. The maximum Gasteiger partial charge on any atom is 0.341 e. The number of aromatic nitrogens is 5. The number of rotatable bonds is 7. The molecule has 1 fully saturated rings. The second-order valence-corrected chi connectivity index (χ2v) is 11.9. The molecular formula is C30H31N9O4S. The maximum atomic E-state index is 13.5. The summed E-state index contributed by atoms with van der Waals surface area (Å²) in [5.41, 5.74) is 2.21. The largest absolute Gasteiger partial charge is 0.477 e. The van der Waals surface area contributed by atoms with Crippen LogP contribution in [0.3, 0.4) is 0 Å². The Bertz CT molecular complexity index is 1780. The molecule has 1 saturated heterocycles. The van der Waals surface area contributed by atoms with Crippen LogP contribution in [0.2, 0.25) is 0 Å². The molecule has 13 nitrogen and oxygen atoms in total. The van der Waals surface area contributed by atoms with Crippen LogP contribution in [0.5, 0.6) is 0 Å². The lowest BCUT2D eigenvalue weighted by molar-refractivity contribution is -0.134. The Kier molecular flexibility index (Phi) is 7.67. The number of likely N-dealkylation sites (tertiary alicyclic amines) is 1. The van der Waals surface area contributed by atoms with E-state index in [9.17, 15) is 19.5 Å². The maximum absolute atomic E-state index is 13.5. The molecule has 14 heteroatoms. The van der Waals surface area contributed by atoms with Crippen LogP contribution < -0.4 is 10.2 Å². The first-order valence-electron chi connectivity index (χ1n) is 14.2. The highest BCUT2D eigenvalue weighted by molar-refractivity contribution is 7.10. The van der Waals surface area contributed by atoms with Crippen molar-refractivity contribution in [2.45, 2.75) is 46.6 Å². The van der Waals surface area contributed by atoms with Gasteiger partial charge in [0, 0.05) is 66.8 Å². The summed E-state index contributed by atoms with van der Waals surface area (Å²) in [4.78, 5) is 56.2. The quantitative estimate of drug-likeness (QED) is 0.374. The summed E-state index contributed by atoms with van der Waals surface area (Å²) in [7, 11) is 0. The molecule has 0 radical (unpaired) electrons. The smallest absolute Gasteiger partial charge is 0.341 e. The van der Waals surface area contributed by atoms with Crippen molar-refractivity contribution in [2.24, 2.45) is 10.9 Å². The minimum absolute atomic E-state index is 0.124. The van der Waals surface area contributed by atoms with Gasteiger partial charge in [0.15, 0.2) is 17.4 Å². The highest BCUT2D eigenvalue weighted by atomic mass is 32.1. The first-order chi connectivity index (χ1) is 21.1. The summed E-state index contributed by atoms with van der Waals surface area (Å²) in [6, 6.07) is 7.43. The Morgan fingerprint density at radius 2 is 1.95 bits per heavy atom. The SMILES string of the molecule is CC1=C2\CC\C(=N/C(N3CC(C(=O)Nc4cc(C)n(C(C)C)n4)C3)=C\1)N(c1nc(-c3ccccn3)ns1)/C=C(/C(=O)O)C2=O. The van der Waals surface area contributed by atoms with Crippen molar-refractivity contribution < 1.29 is 19.5 Å². The molecule has 3 aromatic rings. The number of allylic oxidation sites excluding steroid dienone is 3. The van der Waals surface area contributed by atoms with Crippen LogP contribution in [0.1, 0.15) is 45.3 Å². The Morgan fingerprint density at radius 1 is 1.16 bits per heavy atom. The van der Waals surface area contributed by atoms with Crippen LogP contribution in [0.4, 0.5) is 10.9 Å². The second kappa shape index (κ2) is 11.6. The predicted octanol–water partition coefficient (Wildman–Crippen LogP) is 3.96. The van der Waals surface area contributed by atoms with Gasteiger partial charge in [-0.05, 0) is 57.9 Å². The summed E-state index contributed by atoms with van der Waals surface area (Å²) in [5, 5.41) is 17.8. The molecule has 0 unspecified atom stereocenters. The fourth-order valence-corrected chi connectivity index (χ4v) is 6.03. The fraction of sp³-hybridized carbons (Fsp3) is 0.333. The number of carbonyl (C=O) groups is 3. The predicted molar refractivity (Wildman–Crippen MR) is 165 cm³/mol. The number of aliphatic carboxylic acids is 1. The summed E-state index contributed by atoms with van der Waals surface area (Å²) in [6.07, 6.45) is 5.39. The monoisotopic (exact) mass is 613 g/mol. The van der Waals surface area contributed by atoms with Crippen molar-refractivity contribution >= 4 is 46.0 Å². The summed E-state index contributed by atoms with van der Waals surface area (Å²) in [6.45, 7) is 8.65.